The third kappa shape index (κ3) is 3.55. The van der Waals surface area contributed by atoms with Gasteiger partial charge in [0.1, 0.15) is 0 Å². The highest BCUT2D eigenvalue weighted by atomic mass is 16.4. The van der Waals surface area contributed by atoms with Crippen LogP contribution in [0.4, 0.5) is 4.79 Å². The van der Waals surface area contributed by atoms with Crippen LogP contribution in [0.5, 0.6) is 0 Å². The second-order valence-electron chi connectivity index (χ2n) is 7.04. The van der Waals surface area contributed by atoms with Gasteiger partial charge in [-0.1, -0.05) is 24.3 Å². The number of hydrogen-bond donors (Lipinski definition) is 2. The summed E-state index contributed by atoms with van der Waals surface area (Å²) in [5.74, 6) is -0.700. The van der Waals surface area contributed by atoms with Gasteiger partial charge in [0.2, 0.25) is 0 Å². The zero-order chi connectivity index (χ0) is 17.1. The summed E-state index contributed by atoms with van der Waals surface area (Å²) in [5, 5.41) is 12.2. The maximum Gasteiger partial charge on any atom is 0.317 e. The fourth-order valence-corrected chi connectivity index (χ4v) is 4.03. The van der Waals surface area contributed by atoms with Crippen molar-refractivity contribution in [3.63, 3.8) is 0 Å². The van der Waals surface area contributed by atoms with Crippen molar-refractivity contribution in [3.05, 3.63) is 35.4 Å². The van der Waals surface area contributed by atoms with Gasteiger partial charge in [-0.05, 0) is 50.2 Å². The van der Waals surface area contributed by atoms with Gasteiger partial charge in [-0.15, -0.1) is 0 Å². The van der Waals surface area contributed by atoms with Crippen LogP contribution in [0, 0.1) is 5.92 Å². The summed E-state index contributed by atoms with van der Waals surface area (Å²) in [4.78, 5) is 25.3. The lowest BCUT2D eigenvalue weighted by Crippen LogP contribution is -2.49. The van der Waals surface area contributed by atoms with Crippen molar-refractivity contribution in [2.45, 2.75) is 51.0 Å². The maximum atomic E-state index is 12.5. The van der Waals surface area contributed by atoms with Crippen LogP contribution in [-0.2, 0) is 11.2 Å². The Balaban J connectivity index is 1.59. The van der Waals surface area contributed by atoms with Crippen LogP contribution in [0.15, 0.2) is 24.3 Å². The molecule has 1 aliphatic carbocycles. The zero-order valence-corrected chi connectivity index (χ0v) is 14.2. The van der Waals surface area contributed by atoms with Crippen LogP contribution < -0.4 is 5.32 Å². The Morgan fingerprint density at radius 1 is 1.21 bits per heavy atom. The summed E-state index contributed by atoms with van der Waals surface area (Å²) in [6.07, 6.45) is 4.47. The van der Waals surface area contributed by atoms with Gasteiger partial charge in [0.15, 0.2) is 0 Å². The molecule has 0 radical (unpaired) electrons. The van der Waals surface area contributed by atoms with E-state index in [9.17, 15) is 9.59 Å². The van der Waals surface area contributed by atoms with E-state index >= 15 is 0 Å². The maximum absolute atomic E-state index is 12.5. The van der Waals surface area contributed by atoms with Gasteiger partial charge in [-0.3, -0.25) is 4.79 Å². The van der Waals surface area contributed by atoms with Crippen molar-refractivity contribution in [3.8, 4) is 0 Å². The SMILES string of the molecule is C[C@@H](NC(=O)N1CCC(C(=O)O)CC1)C1CCCc2ccccc21. The summed E-state index contributed by atoms with van der Waals surface area (Å²) in [6, 6.07) is 8.54. The molecule has 5 heteroatoms. The first kappa shape index (κ1) is 16.8. The Morgan fingerprint density at radius 2 is 1.92 bits per heavy atom. The van der Waals surface area contributed by atoms with E-state index < -0.39 is 5.97 Å². The van der Waals surface area contributed by atoms with E-state index in [1.165, 1.54) is 11.1 Å². The van der Waals surface area contributed by atoms with E-state index in [4.69, 9.17) is 5.11 Å². The van der Waals surface area contributed by atoms with Crippen LogP contribution in [0.1, 0.15) is 49.7 Å². The molecular weight excluding hydrogens is 304 g/mol. The van der Waals surface area contributed by atoms with E-state index in [0.29, 0.717) is 31.8 Å². The molecule has 2 N–H and O–H groups in total. The lowest BCUT2D eigenvalue weighted by atomic mass is 9.79. The molecule has 2 aliphatic rings. The third-order valence-electron chi connectivity index (χ3n) is 5.50. The topological polar surface area (TPSA) is 69.6 Å². The number of nitrogens with one attached hydrogen (secondary N) is 1. The minimum atomic E-state index is -0.748. The number of carbonyl (C=O) groups is 2. The number of amides is 2. The van der Waals surface area contributed by atoms with Crippen molar-refractivity contribution in [1.29, 1.82) is 0 Å². The molecule has 0 saturated carbocycles. The van der Waals surface area contributed by atoms with Crippen molar-refractivity contribution in [2.75, 3.05) is 13.1 Å². The van der Waals surface area contributed by atoms with E-state index in [1.54, 1.807) is 4.90 Å². The Kier molecular flexibility index (Phi) is 5.07. The quantitative estimate of drug-likeness (QED) is 0.895. The number of carboxylic acid groups (broad SMARTS) is 1. The first-order valence-corrected chi connectivity index (χ1v) is 8.92. The van der Waals surface area contributed by atoms with E-state index in [-0.39, 0.29) is 18.0 Å². The molecule has 1 saturated heterocycles. The molecule has 130 valence electrons. The molecule has 2 atom stereocenters. The number of hydrogen-bond acceptors (Lipinski definition) is 2. The van der Waals surface area contributed by atoms with Gasteiger partial charge in [0.25, 0.3) is 0 Å². The fourth-order valence-electron chi connectivity index (χ4n) is 4.03. The van der Waals surface area contributed by atoms with Gasteiger partial charge in [0.05, 0.1) is 5.92 Å². The summed E-state index contributed by atoms with van der Waals surface area (Å²) < 4.78 is 0. The van der Waals surface area contributed by atoms with Gasteiger partial charge >= 0.3 is 12.0 Å². The average Bonchev–Trinajstić information content (AvgIpc) is 2.61. The molecule has 1 heterocycles. The van der Waals surface area contributed by atoms with Crippen molar-refractivity contribution in [1.82, 2.24) is 10.2 Å². The normalized spacial score (nSPS) is 22.5. The molecule has 1 aromatic carbocycles. The van der Waals surface area contributed by atoms with E-state index in [2.05, 4.69) is 36.5 Å². The van der Waals surface area contributed by atoms with Gasteiger partial charge in [0, 0.05) is 25.0 Å². The Hall–Kier alpha value is -2.04. The van der Waals surface area contributed by atoms with Crippen LogP contribution in [-0.4, -0.2) is 41.1 Å². The van der Waals surface area contributed by atoms with Crippen molar-refractivity contribution < 1.29 is 14.7 Å². The Morgan fingerprint density at radius 3 is 2.62 bits per heavy atom. The molecule has 1 aliphatic heterocycles. The minimum absolute atomic E-state index is 0.0607. The number of carbonyl (C=O) groups excluding carboxylic acids is 1. The summed E-state index contributed by atoms with van der Waals surface area (Å²) in [7, 11) is 0. The largest absolute Gasteiger partial charge is 0.481 e. The predicted molar refractivity (Wildman–Crippen MR) is 92.0 cm³/mol. The average molecular weight is 330 g/mol. The lowest BCUT2D eigenvalue weighted by Gasteiger charge is -2.34. The van der Waals surface area contributed by atoms with Gasteiger partial charge in [-0.2, -0.15) is 0 Å². The molecule has 2 amide bonds. The molecule has 3 rings (SSSR count). The minimum Gasteiger partial charge on any atom is -0.481 e. The molecule has 1 fully saturated rings. The number of carboxylic acids is 1. The standard InChI is InChI=1S/C19H26N2O3/c1-13(16-8-4-6-14-5-2-3-7-17(14)16)20-19(24)21-11-9-15(10-12-21)18(22)23/h2-3,5,7,13,15-16H,4,6,8-12H2,1H3,(H,20,24)(H,22,23)/t13-,16?/m1/s1. The monoisotopic (exact) mass is 330 g/mol. The second-order valence-corrected chi connectivity index (χ2v) is 7.04. The highest BCUT2D eigenvalue weighted by Gasteiger charge is 2.30. The molecule has 1 unspecified atom stereocenters. The second kappa shape index (κ2) is 7.24. The number of rotatable bonds is 3. The fraction of sp³-hybridized carbons (Fsp3) is 0.579. The van der Waals surface area contributed by atoms with Crippen molar-refractivity contribution >= 4 is 12.0 Å². The zero-order valence-electron chi connectivity index (χ0n) is 14.2. The molecule has 0 aromatic heterocycles. The van der Waals surface area contributed by atoms with Crippen LogP contribution >= 0.6 is 0 Å². The third-order valence-corrected chi connectivity index (χ3v) is 5.50. The van der Waals surface area contributed by atoms with Crippen LogP contribution in [0.2, 0.25) is 0 Å². The molecular formula is C19H26N2O3. The van der Waals surface area contributed by atoms with E-state index in [1.807, 2.05) is 0 Å². The number of likely N-dealkylation sites (tertiary alicyclic amines) is 1. The summed E-state index contributed by atoms with van der Waals surface area (Å²) in [5.41, 5.74) is 2.76. The molecule has 24 heavy (non-hydrogen) atoms. The first-order valence-electron chi connectivity index (χ1n) is 8.92. The number of urea groups is 1. The Bertz CT molecular complexity index is 608. The number of aliphatic carboxylic acids is 1. The highest BCUT2D eigenvalue weighted by molar-refractivity contribution is 5.75. The molecule has 1 aromatic rings. The number of nitrogens with zero attached hydrogens (tertiary/aromatic N) is 1. The molecule has 0 spiro atoms. The molecule has 5 nitrogen and oxygen atoms in total. The number of aryl methyl sites for hydroxylation is 1. The smallest absolute Gasteiger partial charge is 0.317 e. The Labute approximate surface area is 143 Å². The van der Waals surface area contributed by atoms with E-state index in [0.717, 1.165) is 19.3 Å². The van der Waals surface area contributed by atoms with Crippen molar-refractivity contribution in [2.24, 2.45) is 5.92 Å². The first-order chi connectivity index (χ1) is 11.6. The summed E-state index contributed by atoms with van der Waals surface area (Å²) >= 11 is 0. The predicted octanol–water partition coefficient (Wildman–Crippen LogP) is 3.00. The van der Waals surface area contributed by atoms with Crippen LogP contribution in [0.3, 0.4) is 0 Å². The number of fused-ring (bicyclic) bond motifs is 1. The van der Waals surface area contributed by atoms with Gasteiger partial charge in [-0.25, -0.2) is 4.79 Å². The molecule has 0 bridgehead atoms. The lowest BCUT2D eigenvalue weighted by molar-refractivity contribution is -0.143. The number of piperidine rings is 1. The van der Waals surface area contributed by atoms with Crippen LogP contribution in [0.25, 0.3) is 0 Å². The number of benzene rings is 1. The van der Waals surface area contributed by atoms with Gasteiger partial charge < -0.3 is 15.3 Å². The summed E-state index contributed by atoms with van der Waals surface area (Å²) in [6.45, 7) is 3.13. The highest BCUT2D eigenvalue weighted by Crippen LogP contribution is 2.33.